The van der Waals surface area contributed by atoms with Crippen LogP contribution in [0.25, 0.3) is 0 Å². The van der Waals surface area contributed by atoms with Crippen LogP contribution < -0.4 is 16.0 Å². The van der Waals surface area contributed by atoms with Gasteiger partial charge in [-0.15, -0.1) is 0 Å². The summed E-state index contributed by atoms with van der Waals surface area (Å²) in [5, 5.41) is 2.87. The second kappa shape index (κ2) is 4.61. The van der Waals surface area contributed by atoms with Crippen molar-refractivity contribution < 1.29 is 9.18 Å². The largest absolute Gasteiger partial charge is 0.395 e. The van der Waals surface area contributed by atoms with Crippen LogP contribution in [-0.2, 0) is 4.79 Å². The molecule has 0 aromatic heterocycles. The van der Waals surface area contributed by atoms with E-state index in [2.05, 4.69) is 5.32 Å². The highest BCUT2D eigenvalue weighted by Gasteiger charge is 2.23. The van der Waals surface area contributed by atoms with E-state index in [0.717, 1.165) is 12.8 Å². The Morgan fingerprint density at radius 3 is 2.94 bits per heavy atom. The second-order valence-corrected chi connectivity index (χ2v) is 4.37. The summed E-state index contributed by atoms with van der Waals surface area (Å²) in [6.07, 6.45) is 2.11. The first-order valence-electron chi connectivity index (χ1n) is 5.62. The molecule has 1 aromatic rings. The molecule has 1 saturated carbocycles. The predicted molar refractivity (Wildman–Crippen MR) is 65.2 cm³/mol. The average Bonchev–Trinajstić information content (AvgIpc) is 3.05. The summed E-state index contributed by atoms with van der Waals surface area (Å²) in [5.74, 6) is -0.518. The highest BCUT2D eigenvalue weighted by Crippen LogP contribution is 2.24. The topological polar surface area (TPSA) is 58.4 Å². The first-order valence-corrected chi connectivity index (χ1v) is 5.62. The van der Waals surface area contributed by atoms with Crippen LogP contribution in [0.5, 0.6) is 0 Å². The minimum absolute atomic E-state index is 0.0568. The molecular weight excluding hydrogens is 221 g/mol. The zero-order chi connectivity index (χ0) is 12.4. The van der Waals surface area contributed by atoms with Crippen LogP contribution in [0.15, 0.2) is 18.2 Å². The molecule has 1 amide bonds. The smallest absolute Gasteiger partial charge is 0.239 e. The molecule has 0 atom stereocenters. The van der Waals surface area contributed by atoms with Crippen molar-refractivity contribution in [1.29, 1.82) is 0 Å². The minimum Gasteiger partial charge on any atom is -0.395 e. The maximum atomic E-state index is 13.2. The van der Waals surface area contributed by atoms with E-state index in [1.165, 1.54) is 6.07 Å². The number of para-hydroxylation sites is 1. The van der Waals surface area contributed by atoms with E-state index >= 15 is 0 Å². The normalized spacial score (nSPS) is 14.5. The van der Waals surface area contributed by atoms with Crippen LogP contribution in [-0.4, -0.2) is 25.5 Å². The van der Waals surface area contributed by atoms with E-state index in [9.17, 15) is 9.18 Å². The Bertz CT molecular complexity index is 432. The number of hydrogen-bond acceptors (Lipinski definition) is 3. The van der Waals surface area contributed by atoms with Crippen LogP contribution in [0.1, 0.15) is 12.8 Å². The Morgan fingerprint density at radius 1 is 1.59 bits per heavy atom. The number of likely N-dealkylation sites (N-methyl/N-ethyl adjacent to an activating group) is 1. The molecule has 3 N–H and O–H groups in total. The van der Waals surface area contributed by atoms with Crippen molar-refractivity contribution in [3.63, 3.8) is 0 Å². The van der Waals surface area contributed by atoms with Gasteiger partial charge in [-0.05, 0) is 25.0 Å². The molecule has 1 aromatic carbocycles. The SMILES string of the molecule is CN(CC(=O)NC1CC1)c1cccc(F)c1N. The zero-order valence-corrected chi connectivity index (χ0v) is 9.74. The van der Waals surface area contributed by atoms with Crippen molar-refractivity contribution in [2.75, 3.05) is 24.2 Å². The molecule has 0 radical (unpaired) electrons. The van der Waals surface area contributed by atoms with Crippen LogP contribution in [0, 0.1) is 5.82 Å². The Labute approximate surface area is 99.6 Å². The number of anilines is 2. The lowest BCUT2D eigenvalue weighted by Crippen LogP contribution is -2.36. The predicted octanol–water partition coefficient (Wildman–Crippen LogP) is 1.12. The van der Waals surface area contributed by atoms with Gasteiger partial charge >= 0.3 is 0 Å². The van der Waals surface area contributed by atoms with Gasteiger partial charge in [-0.25, -0.2) is 4.39 Å². The van der Waals surface area contributed by atoms with Gasteiger partial charge in [0, 0.05) is 13.1 Å². The van der Waals surface area contributed by atoms with Crippen LogP contribution in [0.3, 0.4) is 0 Å². The lowest BCUT2D eigenvalue weighted by atomic mass is 10.2. The van der Waals surface area contributed by atoms with Crippen molar-refractivity contribution in [3.05, 3.63) is 24.0 Å². The number of carbonyl (C=O) groups is 1. The molecule has 1 aliphatic rings. The molecule has 0 heterocycles. The van der Waals surface area contributed by atoms with Gasteiger partial charge in [0.2, 0.25) is 5.91 Å². The molecule has 0 aliphatic heterocycles. The van der Waals surface area contributed by atoms with Gasteiger partial charge in [-0.3, -0.25) is 4.79 Å². The Hall–Kier alpha value is -1.78. The van der Waals surface area contributed by atoms with Crippen molar-refractivity contribution in [2.24, 2.45) is 0 Å². The monoisotopic (exact) mass is 237 g/mol. The van der Waals surface area contributed by atoms with Crippen LogP contribution in [0.4, 0.5) is 15.8 Å². The van der Waals surface area contributed by atoms with E-state index in [4.69, 9.17) is 5.73 Å². The van der Waals surface area contributed by atoms with E-state index < -0.39 is 5.82 Å². The molecule has 0 unspecified atom stereocenters. The summed E-state index contributed by atoms with van der Waals surface area (Å²) in [6, 6.07) is 4.91. The highest BCUT2D eigenvalue weighted by molar-refractivity contribution is 5.83. The number of nitrogens with zero attached hydrogens (tertiary/aromatic N) is 1. The van der Waals surface area contributed by atoms with Crippen molar-refractivity contribution in [2.45, 2.75) is 18.9 Å². The van der Waals surface area contributed by atoms with E-state index in [-0.39, 0.29) is 18.1 Å². The maximum absolute atomic E-state index is 13.2. The van der Waals surface area contributed by atoms with Gasteiger partial charge < -0.3 is 16.0 Å². The molecule has 5 heteroatoms. The van der Waals surface area contributed by atoms with Gasteiger partial charge in [0.15, 0.2) is 0 Å². The van der Waals surface area contributed by atoms with Gasteiger partial charge in [0.1, 0.15) is 5.82 Å². The number of amides is 1. The first-order chi connectivity index (χ1) is 8.08. The lowest BCUT2D eigenvalue weighted by Gasteiger charge is -2.20. The van der Waals surface area contributed by atoms with Crippen molar-refractivity contribution >= 4 is 17.3 Å². The minimum atomic E-state index is -0.461. The Balaban J connectivity index is 2.00. The Morgan fingerprint density at radius 2 is 2.29 bits per heavy atom. The third kappa shape index (κ3) is 2.87. The van der Waals surface area contributed by atoms with Crippen molar-refractivity contribution in [1.82, 2.24) is 5.32 Å². The molecule has 0 saturated heterocycles. The standard InChI is InChI=1S/C12H16FN3O/c1-16(7-11(17)15-8-5-6-8)10-4-2-3-9(13)12(10)14/h2-4,8H,5-7,14H2,1H3,(H,15,17). The fraction of sp³-hybridized carbons (Fsp3) is 0.417. The molecule has 1 fully saturated rings. The van der Waals surface area contributed by atoms with E-state index in [1.807, 2.05) is 0 Å². The molecule has 0 spiro atoms. The number of carbonyl (C=O) groups excluding carboxylic acids is 1. The summed E-state index contributed by atoms with van der Waals surface area (Å²) in [5.41, 5.74) is 6.24. The molecule has 1 aliphatic carbocycles. The summed E-state index contributed by atoms with van der Waals surface area (Å²) in [7, 11) is 1.72. The molecule has 4 nitrogen and oxygen atoms in total. The molecule has 17 heavy (non-hydrogen) atoms. The summed E-state index contributed by atoms with van der Waals surface area (Å²) < 4.78 is 13.2. The Kier molecular flexibility index (Phi) is 3.17. The quantitative estimate of drug-likeness (QED) is 0.772. The fourth-order valence-electron chi connectivity index (χ4n) is 1.66. The highest BCUT2D eigenvalue weighted by atomic mass is 19.1. The fourth-order valence-corrected chi connectivity index (χ4v) is 1.66. The third-order valence-corrected chi connectivity index (χ3v) is 2.76. The van der Waals surface area contributed by atoms with Gasteiger partial charge in [-0.2, -0.15) is 0 Å². The molecule has 2 rings (SSSR count). The molecular formula is C12H16FN3O. The van der Waals surface area contributed by atoms with Gasteiger partial charge in [0.25, 0.3) is 0 Å². The lowest BCUT2D eigenvalue weighted by molar-refractivity contribution is -0.119. The first kappa shape index (κ1) is 11.7. The molecule has 0 bridgehead atoms. The van der Waals surface area contributed by atoms with Crippen molar-refractivity contribution in [3.8, 4) is 0 Å². The number of nitrogen functional groups attached to an aromatic ring is 1. The summed E-state index contributed by atoms with van der Waals surface area (Å²) in [6.45, 7) is 0.185. The summed E-state index contributed by atoms with van der Waals surface area (Å²) >= 11 is 0. The number of nitrogens with two attached hydrogens (primary N) is 1. The summed E-state index contributed by atoms with van der Waals surface area (Å²) in [4.78, 5) is 13.2. The van der Waals surface area contributed by atoms with Crippen LogP contribution in [0.2, 0.25) is 0 Å². The number of halogens is 1. The van der Waals surface area contributed by atoms with Crippen LogP contribution >= 0.6 is 0 Å². The molecule has 92 valence electrons. The third-order valence-electron chi connectivity index (χ3n) is 2.76. The number of hydrogen-bond donors (Lipinski definition) is 2. The maximum Gasteiger partial charge on any atom is 0.239 e. The average molecular weight is 237 g/mol. The zero-order valence-electron chi connectivity index (χ0n) is 9.74. The van der Waals surface area contributed by atoms with Gasteiger partial charge in [-0.1, -0.05) is 6.07 Å². The number of benzene rings is 1. The second-order valence-electron chi connectivity index (χ2n) is 4.37. The van der Waals surface area contributed by atoms with Gasteiger partial charge in [0.05, 0.1) is 17.9 Å². The number of nitrogens with one attached hydrogen (secondary N) is 1. The number of rotatable bonds is 4. The van der Waals surface area contributed by atoms with E-state index in [1.54, 1.807) is 24.1 Å². The van der Waals surface area contributed by atoms with E-state index in [0.29, 0.717) is 11.7 Å².